The van der Waals surface area contributed by atoms with Crippen molar-refractivity contribution in [1.29, 1.82) is 0 Å². The monoisotopic (exact) mass is 257 g/mol. The molecule has 0 aromatic carbocycles. The van der Waals surface area contributed by atoms with Crippen molar-refractivity contribution in [2.75, 3.05) is 20.3 Å². The van der Waals surface area contributed by atoms with Crippen LogP contribution in [-0.4, -0.2) is 37.4 Å². The first-order valence-electron chi connectivity index (χ1n) is 7.08. The third-order valence-corrected chi connectivity index (χ3v) is 3.75. The molecule has 1 fully saturated rings. The molecule has 0 saturated heterocycles. The van der Waals surface area contributed by atoms with E-state index in [2.05, 4.69) is 5.32 Å². The van der Waals surface area contributed by atoms with Crippen LogP contribution in [0.3, 0.4) is 0 Å². The van der Waals surface area contributed by atoms with E-state index in [1.165, 1.54) is 25.7 Å². The van der Waals surface area contributed by atoms with Crippen LogP contribution in [0.15, 0.2) is 0 Å². The molecule has 1 aliphatic rings. The molecule has 18 heavy (non-hydrogen) atoms. The van der Waals surface area contributed by atoms with Crippen molar-refractivity contribution in [3.8, 4) is 0 Å². The summed E-state index contributed by atoms with van der Waals surface area (Å²) in [6.07, 6.45) is 6.28. The van der Waals surface area contributed by atoms with Crippen molar-refractivity contribution in [2.45, 2.75) is 51.6 Å². The van der Waals surface area contributed by atoms with E-state index in [1.54, 1.807) is 7.11 Å². The number of carbonyl (C=O) groups is 1. The number of ether oxygens (including phenoxy) is 1. The van der Waals surface area contributed by atoms with E-state index in [4.69, 9.17) is 4.74 Å². The highest BCUT2D eigenvalue weighted by Crippen LogP contribution is 2.30. The van der Waals surface area contributed by atoms with Crippen LogP contribution in [-0.2, 0) is 9.53 Å². The van der Waals surface area contributed by atoms with Gasteiger partial charge in [0.1, 0.15) is 0 Å². The van der Waals surface area contributed by atoms with E-state index >= 15 is 0 Å². The van der Waals surface area contributed by atoms with Crippen LogP contribution < -0.4 is 5.32 Å². The van der Waals surface area contributed by atoms with E-state index in [9.17, 15) is 9.90 Å². The number of aliphatic hydroxyl groups is 1. The molecule has 1 aliphatic carbocycles. The molecule has 1 saturated carbocycles. The number of carbonyl (C=O) groups excluding carboxylic acids is 1. The summed E-state index contributed by atoms with van der Waals surface area (Å²) < 4.78 is 4.83. The fraction of sp³-hybridized carbons (Fsp3) is 0.929. The third-order valence-electron chi connectivity index (χ3n) is 3.75. The lowest BCUT2D eigenvalue weighted by atomic mass is 9.94. The molecule has 0 heterocycles. The molecular weight excluding hydrogens is 230 g/mol. The van der Waals surface area contributed by atoms with E-state index in [0.717, 1.165) is 12.3 Å². The minimum Gasteiger partial charge on any atom is -0.391 e. The van der Waals surface area contributed by atoms with Gasteiger partial charge in [-0.05, 0) is 18.8 Å². The van der Waals surface area contributed by atoms with Gasteiger partial charge in [0.05, 0.1) is 12.7 Å². The molecule has 2 atom stereocenters. The topological polar surface area (TPSA) is 58.6 Å². The van der Waals surface area contributed by atoms with Crippen molar-refractivity contribution in [3.63, 3.8) is 0 Å². The number of hydrogen-bond donors (Lipinski definition) is 2. The summed E-state index contributed by atoms with van der Waals surface area (Å²) in [4.78, 5) is 11.8. The Balaban J connectivity index is 2.11. The zero-order valence-electron chi connectivity index (χ0n) is 11.7. The third kappa shape index (κ3) is 5.83. The molecule has 106 valence electrons. The van der Waals surface area contributed by atoms with Crippen molar-refractivity contribution < 1.29 is 14.6 Å². The van der Waals surface area contributed by atoms with Crippen molar-refractivity contribution in [1.82, 2.24) is 5.32 Å². The summed E-state index contributed by atoms with van der Waals surface area (Å²) in [5.74, 6) is 0.948. The smallest absolute Gasteiger partial charge is 0.222 e. The summed E-state index contributed by atoms with van der Waals surface area (Å²) in [7, 11) is 1.56. The van der Waals surface area contributed by atoms with Crippen molar-refractivity contribution in [2.24, 2.45) is 11.8 Å². The maximum Gasteiger partial charge on any atom is 0.222 e. The number of rotatable bonds is 8. The number of methoxy groups -OCH3 is 1. The maximum absolute atomic E-state index is 11.8. The van der Waals surface area contributed by atoms with Gasteiger partial charge in [-0.25, -0.2) is 0 Å². The second-order valence-electron chi connectivity index (χ2n) is 5.48. The molecule has 0 aromatic rings. The molecule has 2 N–H and O–H groups in total. The standard InChI is InChI=1S/C14H27NO3/c1-11(9-12-5-3-4-6-12)14(17)15-8-7-13(16)10-18-2/h11-13,16H,3-10H2,1-2H3,(H,15,17). The normalized spacial score (nSPS) is 19.7. The number of aliphatic hydroxyl groups excluding tert-OH is 1. The van der Waals surface area contributed by atoms with Crippen LogP contribution >= 0.6 is 0 Å². The molecule has 0 spiro atoms. The molecule has 2 unspecified atom stereocenters. The highest BCUT2D eigenvalue weighted by atomic mass is 16.5. The number of amides is 1. The minimum absolute atomic E-state index is 0.0904. The van der Waals surface area contributed by atoms with Crippen LogP contribution in [0.25, 0.3) is 0 Å². The van der Waals surface area contributed by atoms with Crippen LogP contribution in [0.1, 0.15) is 45.4 Å². The van der Waals surface area contributed by atoms with Gasteiger partial charge in [0.15, 0.2) is 0 Å². The zero-order valence-corrected chi connectivity index (χ0v) is 11.7. The molecule has 4 nitrogen and oxygen atoms in total. The summed E-state index contributed by atoms with van der Waals surface area (Å²) in [5.41, 5.74) is 0. The molecular formula is C14H27NO3. The van der Waals surface area contributed by atoms with Crippen LogP contribution in [0.2, 0.25) is 0 Å². The lowest BCUT2D eigenvalue weighted by Gasteiger charge is -2.16. The second-order valence-corrected chi connectivity index (χ2v) is 5.48. The molecule has 4 heteroatoms. The van der Waals surface area contributed by atoms with Gasteiger partial charge in [-0.3, -0.25) is 4.79 Å². The lowest BCUT2D eigenvalue weighted by molar-refractivity contribution is -0.125. The van der Waals surface area contributed by atoms with E-state index < -0.39 is 6.10 Å². The van der Waals surface area contributed by atoms with Crippen molar-refractivity contribution >= 4 is 5.91 Å². The Labute approximate surface area is 110 Å². The predicted octanol–water partition coefficient (Wildman–Crippen LogP) is 1.72. The Bertz CT molecular complexity index is 239. The molecule has 0 aromatic heterocycles. The van der Waals surface area contributed by atoms with Gasteiger partial charge in [-0.1, -0.05) is 32.6 Å². The molecule has 0 radical (unpaired) electrons. The lowest BCUT2D eigenvalue weighted by Crippen LogP contribution is -2.33. The van der Waals surface area contributed by atoms with Gasteiger partial charge in [-0.2, -0.15) is 0 Å². The summed E-state index contributed by atoms with van der Waals surface area (Å²) >= 11 is 0. The Hall–Kier alpha value is -0.610. The number of hydrogen-bond acceptors (Lipinski definition) is 3. The van der Waals surface area contributed by atoms with Gasteiger partial charge in [-0.15, -0.1) is 0 Å². The molecule has 1 amide bonds. The SMILES string of the molecule is COCC(O)CCNC(=O)C(C)CC1CCCC1. The average molecular weight is 257 g/mol. The van der Waals surface area contributed by atoms with E-state index in [-0.39, 0.29) is 11.8 Å². The highest BCUT2D eigenvalue weighted by Gasteiger charge is 2.21. The van der Waals surface area contributed by atoms with Gasteiger partial charge in [0, 0.05) is 19.6 Å². The Morgan fingerprint density at radius 3 is 2.72 bits per heavy atom. The Morgan fingerprint density at radius 1 is 1.44 bits per heavy atom. The summed E-state index contributed by atoms with van der Waals surface area (Å²) in [6.45, 7) is 2.85. The fourth-order valence-corrected chi connectivity index (χ4v) is 2.67. The molecule has 0 bridgehead atoms. The molecule has 0 aliphatic heterocycles. The predicted molar refractivity (Wildman–Crippen MR) is 71.2 cm³/mol. The Morgan fingerprint density at radius 2 is 2.11 bits per heavy atom. The zero-order chi connectivity index (χ0) is 13.4. The van der Waals surface area contributed by atoms with Crippen LogP contribution in [0.4, 0.5) is 0 Å². The van der Waals surface area contributed by atoms with Gasteiger partial charge in [0.2, 0.25) is 5.91 Å². The Kier molecular flexibility index (Phi) is 7.28. The largest absolute Gasteiger partial charge is 0.391 e. The maximum atomic E-state index is 11.8. The van der Waals surface area contributed by atoms with Crippen molar-refractivity contribution in [3.05, 3.63) is 0 Å². The van der Waals surface area contributed by atoms with Gasteiger partial charge in [0.25, 0.3) is 0 Å². The van der Waals surface area contributed by atoms with E-state index in [0.29, 0.717) is 19.6 Å². The first-order valence-corrected chi connectivity index (χ1v) is 7.08. The quantitative estimate of drug-likeness (QED) is 0.696. The van der Waals surface area contributed by atoms with Crippen LogP contribution in [0, 0.1) is 11.8 Å². The molecule has 1 rings (SSSR count). The summed E-state index contributed by atoms with van der Waals surface area (Å²) in [5, 5.41) is 12.3. The van der Waals surface area contributed by atoms with Gasteiger partial charge >= 0.3 is 0 Å². The van der Waals surface area contributed by atoms with Crippen LogP contribution in [0.5, 0.6) is 0 Å². The minimum atomic E-state index is -0.486. The first kappa shape index (κ1) is 15.4. The average Bonchev–Trinajstić information content (AvgIpc) is 2.82. The fourth-order valence-electron chi connectivity index (χ4n) is 2.67. The highest BCUT2D eigenvalue weighted by molar-refractivity contribution is 5.78. The van der Waals surface area contributed by atoms with E-state index in [1.807, 2.05) is 6.92 Å². The second kappa shape index (κ2) is 8.48. The summed E-state index contributed by atoms with van der Waals surface area (Å²) in [6, 6.07) is 0. The number of nitrogens with one attached hydrogen (secondary N) is 1. The van der Waals surface area contributed by atoms with Gasteiger partial charge < -0.3 is 15.2 Å². The first-order chi connectivity index (χ1) is 8.63.